The summed E-state index contributed by atoms with van der Waals surface area (Å²) in [6, 6.07) is 2.21. The van der Waals surface area contributed by atoms with E-state index in [0.29, 0.717) is 17.8 Å². The first-order valence-electron chi connectivity index (χ1n) is 6.85. The molecule has 0 radical (unpaired) electrons. The van der Waals surface area contributed by atoms with Gasteiger partial charge in [0.2, 0.25) is 0 Å². The summed E-state index contributed by atoms with van der Waals surface area (Å²) >= 11 is 1.90. The van der Waals surface area contributed by atoms with Gasteiger partial charge in [0.05, 0.1) is 0 Å². The molecule has 18 heavy (non-hydrogen) atoms. The highest BCUT2D eigenvalue weighted by Gasteiger charge is 2.24. The molecule has 2 heterocycles. The predicted molar refractivity (Wildman–Crippen MR) is 81.0 cm³/mol. The Morgan fingerprint density at radius 1 is 1.28 bits per heavy atom. The molecule has 98 valence electrons. The normalized spacial score (nSPS) is 21.6. The van der Waals surface area contributed by atoms with Crippen LogP contribution in [0.15, 0.2) is 23.7 Å². The highest BCUT2D eigenvalue weighted by Crippen LogP contribution is 2.38. The van der Waals surface area contributed by atoms with E-state index in [1.807, 2.05) is 18.0 Å². The Morgan fingerprint density at radius 3 is 2.72 bits per heavy atom. The van der Waals surface area contributed by atoms with Crippen molar-refractivity contribution in [1.82, 2.24) is 4.98 Å². The van der Waals surface area contributed by atoms with Crippen LogP contribution in [0.2, 0.25) is 0 Å². The molecule has 2 rings (SSSR count). The molecule has 1 aliphatic rings. The lowest BCUT2D eigenvalue weighted by atomic mass is 9.81. The van der Waals surface area contributed by atoms with Gasteiger partial charge in [-0.1, -0.05) is 33.8 Å². The number of pyridine rings is 1. The summed E-state index contributed by atoms with van der Waals surface area (Å²) in [6.45, 7) is 9.16. The van der Waals surface area contributed by atoms with Crippen LogP contribution in [0.3, 0.4) is 0 Å². The molecule has 0 aromatic carbocycles. The smallest absolute Gasteiger partial charge is 0.0467 e. The average molecular weight is 261 g/mol. The van der Waals surface area contributed by atoms with E-state index in [0.717, 1.165) is 12.2 Å². The van der Waals surface area contributed by atoms with Crippen molar-refractivity contribution in [3.8, 4) is 0 Å². The predicted octanol–water partition coefficient (Wildman–Crippen LogP) is 5.10. The molecule has 1 atom stereocenters. The Labute approximate surface area is 115 Å². The van der Waals surface area contributed by atoms with Crippen molar-refractivity contribution in [2.24, 2.45) is 5.92 Å². The van der Waals surface area contributed by atoms with Gasteiger partial charge < -0.3 is 0 Å². The fourth-order valence-electron chi connectivity index (χ4n) is 2.68. The minimum atomic E-state index is 0.509. The number of nitrogens with zero attached hydrogens (tertiary/aromatic N) is 1. The Hall–Kier alpha value is -0.760. The lowest BCUT2D eigenvalue weighted by Gasteiger charge is -2.27. The van der Waals surface area contributed by atoms with Crippen LogP contribution in [0.4, 0.5) is 0 Å². The summed E-state index contributed by atoms with van der Waals surface area (Å²) in [5.41, 5.74) is 4.32. The molecule has 1 nitrogen and oxygen atoms in total. The van der Waals surface area contributed by atoms with Gasteiger partial charge in [0.15, 0.2) is 0 Å². The topological polar surface area (TPSA) is 12.9 Å². The average Bonchev–Trinajstić information content (AvgIpc) is 2.28. The molecule has 0 saturated heterocycles. The zero-order chi connectivity index (χ0) is 13.1. The number of hydrogen-bond acceptors (Lipinski definition) is 2. The van der Waals surface area contributed by atoms with Gasteiger partial charge in [-0.2, -0.15) is 0 Å². The second-order valence-electron chi connectivity index (χ2n) is 5.69. The molecule has 0 fully saturated rings. The van der Waals surface area contributed by atoms with E-state index in [4.69, 9.17) is 0 Å². The third-order valence-corrected chi connectivity index (χ3v) is 4.52. The minimum Gasteiger partial charge on any atom is -0.261 e. The Morgan fingerprint density at radius 2 is 2.06 bits per heavy atom. The molecule has 0 N–H and O–H groups in total. The van der Waals surface area contributed by atoms with Gasteiger partial charge in [-0.05, 0) is 46.8 Å². The van der Waals surface area contributed by atoms with Crippen LogP contribution >= 0.6 is 11.8 Å². The standard InChI is InChI=1S/C16H23NS/c1-11(2)14-6-5-9-18-10-13-7-8-17-16(12(3)4)15(13)14/h5,7-9,11-12,14H,6,10H2,1-4H3/b9-5-. The minimum absolute atomic E-state index is 0.509. The number of rotatable bonds is 2. The van der Waals surface area contributed by atoms with E-state index in [1.54, 1.807) is 0 Å². The van der Waals surface area contributed by atoms with Crippen molar-refractivity contribution in [2.75, 3.05) is 0 Å². The van der Waals surface area contributed by atoms with Gasteiger partial charge in [0, 0.05) is 17.6 Å². The maximum Gasteiger partial charge on any atom is 0.0467 e. The molecule has 1 aromatic rings. The maximum atomic E-state index is 4.66. The van der Waals surface area contributed by atoms with Crippen LogP contribution in [-0.4, -0.2) is 4.98 Å². The third-order valence-electron chi connectivity index (χ3n) is 3.65. The first-order chi connectivity index (χ1) is 8.61. The largest absolute Gasteiger partial charge is 0.261 e. The van der Waals surface area contributed by atoms with Gasteiger partial charge in [-0.25, -0.2) is 0 Å². The molecule has 2 heteroatoms. The van der Waals surface area contributed by atoms with Gasteiger partial charge in [-0.15, -0.1) is 11.8 Å². The number of aromatic nitrogens is 1. The molecule has 0 bridgehead atoms. The first-order valence-corrected chi connectivity index (χ1v) is 7.90. The fourth-order valence-corrected chi connectivity index (χ4v) is 3.45. The van der Waals surface area contributed by atoms with Crippen molar-refractivity contribution in [1.29, 1.82) is 0 Å². The lowest BCUT2D eigenvalue weighted by molar-refractivity contribution is 0.491. The van der Waals surface area contributed by atoms with Crippen molar-refractivity contribution in [3.05, 3.63) is 40.6 Å². The molecule has 1 aromatic heterocycles. The number of thioether (sulfide) groups is 1. The molecule has 0 aliphatic carbocycles. The van der Waals surface area contributed by atoms with Crippen LogP contribution in [0, 0.1) is 5.92 Å². The molecule has 0 saturated carbocycles. The molecule has 1 unspecified atom stereocenters. The molecular formula is C16H23NS. The Kier molecular flexibility index (Phi) is 4.50. The zero-order valence-electron chi connectivity index (χ0n) is 11.8. The van der Waals surface area contributed by atoms with Crippen LogP contribution in [-0.2, 0) is 5.75 Å². The highest BCUT2D eigenvalue weighted by atomic mass is 32.2. The Balaban J connectivity index is 2.54. The molecule has 0 spiro atoms. The SMILES string of the molecule is CC(C)c1nccc2c1C(C(C)C)C/C=C\SC2. The van der Waals surface area contributed by atoms with E-state index < -0.39 is 0 Å². The highest BCUT2D eigenvalue weighted by molar-refractivity contribution is 8.01. The summed E-state index contributed by atoms with van der Waals surface area (Å²) < 4.78 is 0. The fraction of sp³-hybridized carbons (Fsp3) is 0.562. The van der Waals surface area contributed by atoms with Gasteiger partial charge in [0.25, 0.3) is 0 Å². The molecule has 0 amide bonds. The van der Waals surface area contributed by atoms with Crippen LogP contribution < -0.4 is 0 Å². The van der Waals surface area contributed by atoms with E-state index >= 15 is 0 Å². The van der Waals surface area contributed by atoms with Crippen molar-refractivity contribution >= 4 is 11.8 Å². The summed E-state index contributed by atoms with van der Waals surface area (Å²) in [7, 11) is 0. The van der Waals surface area contributed by atoms with E-state index in [-0.39, 0.29) is 0 Å². The first kappa shape index (κ1) is 13.7. The quantitative estimate of drug-likeness (QED) is 0.735. The third kappa shape index (κ3) is 2.80. The molecular weight excluding hydrogens is 238 g/mol. The number of hydrogen-bond donors (Lipinski definition) is 0. The number of fused-ring (bicyclic) bond motifs is 1. The lowest BCUT2D eigenvalue weighted by Crippen LogP contribution is -2.14. The van der Waals surface area contributed by atoms with Gasteiger partial charge in [0.1, 0.15) is 0 Å². The monoisotopic (exact) mass is 261 g/mol. The van der Waals surface area contributed by atoms with Crippen LogP contribution in [0.1, 0.15) is 62.8 Å². The zero-order valence-corrected chi connectivity index (χ0v) is 12.6. The van der Waals surface area contributed by atoms with Crippen molar-refractivity contribution < 1.29 is 0 Å². The Bertz CT molecular complexity index is 435. The second-order valence-corrected chi connectivity index (χ2v) is 6.59. The van der Waals surface area contributed by atoms with Crippen LogP contribution in [0.5, 0.6) is 0 Å². The van der Waals surface area contributed by atoms with E-state index in [9.17, 15) is 0 Å². The van der Waals surface area contributed by atoms with Gasteiger partial charge in [-0.3, -0.25) is 4.98 Å². The summed E-state index contributed by atoms with van der Waals surface area (Å²) in [5, 5.41) is 2.26. The summed E-state index contributed by atoms with van der Waals surface area (Å²) in [4.78, 5) is 4.66. The van der Waals surface area contributed by atoms with Gasteiger partial charge >= 0.3 is 0 Å². The second kappa shape index (κ2) is 5.92. The van der Waals surface area contributed by atoms with Crippen LogP contribution in [0.25, 0.3) is 0 Å². The van der Waals surface area contributed by atoms with E-state index in [2.05, 4.69) is 50.2 Å². The summed E-state index contributed by atoms with van der Waals surface area (Å²) in [6.07, 6.45) is 5.45. The summed E-state index contributed by atoms with van der Waals surface area (Å²) in [5.74, 6) is 2.87. The van der Waals surface area contributed by atoms with Crippen molar-refractivity contribution in [3.63, 3.8) is 0 Å². The maximum absolute atomic E-state index is 4.66. The van der Waals surface area contributed by atoms with E-state index in [1.165, 1.54) is 16.8 Å². The molecule has 1 aliphatic heterocycles. The number of allylic oxidation sites excluding steroid dienone is 1. The van der Waals surface area contributed by atoms with Crippen molar-refractivity contribution in [2.45, 2.75) is 51.7 Å².